The standard InChI is InChI=1S/C13H19N3/c1-3-4-7-14-9-12-10-15-13-11(2)6-5-8-16(12)13/h5-6,8,10,14H,3-4,7,9H2,1-2H3. The smallest absolute Gasteiger partial charge is 0.139 e. The van der Waals surface area contributed by atoms with Crippen LogP contribution in [0.1, 0.15) is 31.0 Å². The molecule has 0 unspecified atom stereocenters. The molecule has 86 valence electrons. The molecule has 16 heavy (non-hydrogen) atoms. The molecule has 0 aromatic carbocycles. The molecule has 1 N–H and O–H groups in total. The number of nitrogens with one attached hydrogen (secondary N) is 1. The Kier molecular flexibility index (Phi) is 3.57. The van der Waals surface area contributed by atoms with Crippen molar-refractivity contribution in [3.8, 4) is 0 Å². The lowest BCUT2D eigenvalue weighted by molar-refractivity contribution is 0.631. The minimum absolute atomic E-state index is 0.893. The van der Waals surface area contributed by atoms with Crippen LogP contribution in [-0.4, -0.2) is 15.9 Å². The van der Waals surface area contributed by atoms with E-state index in [0.717, 1.165) is 18.7 Å². The summed E-state index contributed by atoms with van der Waals surface area (Å²) in [6.45, 7) is 6.27. The summed E-state index contributed by atoms with van der Waals surface area (Å²) in [7, 11) is 0. The van der Waals surface area contributed by atoms with Crippen LogP contribution in [0.3, 0.4) is 0 Å². The van der Waals surface area contributed by atoms with Crippen molar-refractivity contribution in [1.29, 1.82) is 0 Å². The molecular weight excluding hydrogens is 198 g/mol. The van der Waals surface area contributed by atoms with Crippen LogP contribution in [-0.2, 0) is 6.54 Å². The Morgan fingerprint density at radius 2 is 2.31 bits per heavy atom. The van der Waals surface area contributed by atoms with E-state index < -0.39 is 0 Å². The lowest BCUT2D eigenvalue weighted by atomic mass is 10.3. The molecular formula is C13H19N3. The monoisotopic (exact) mass is 217 g/mol. The van der Waals surface area contributed by atoms with Gasteiger partial charge in [-0.25, -0.2) is 4.98 Å². The van der Waals surface area contributed by atoms with Crippen molar-refractivity contribution >= 4 is 5.65 Å². The fraction of sp³-hybridized carbons (Fsp3) is 0.462. The largest absolute Gasteiger partial charge is 0.311 e. The minimum atomic E-state index is 0.893. The second-order valence-electron chi connectivity index (χ2n) is 4.16. The molecule has 0 fully saturated rings. The van der Waals surface area contributed by atoms with E-state index in [1.54, 1.807) is 0 Å². The Labute approximate surface area is 96.5 Å². The lowest BCUT2D eigenvalue weighted by Gasteiger charge is -2.04. The summed E-state index contributed by atoms with van der Waals surface area (Å²) in [5, 5.41) is 3.44. The first-order chi connectivity index (χ1) is 7.83. The number of rotatable bonds is 5. The molecule has 0 bridgehead atoms. The second kappa shape index (κ2) is 5.12. The van der Waals surface area contributed by atoms with Gasteiger partial charge in [-0.2, -0.15) is 0 Å². The maximum Gasteiger partial charge on any atom is 0.139 e. The van der Waals surface area contributed by atoms with E-state index in [9.17, 15) is 0 Å². The van der Waals surface area contributed by atoms with Gasteiger partial charge in [-0.3, -0.25) is 0 Å². The van der Waals surface area contributed by atoms with Gasteiger partial charge in [0.1, 0.15) is 5.65 Å². The molecule has 0 aliphatic carbocycles. The molecule has 0 aliphatic rings. The SMILES string of the molecule is CCCCNCc1cnc2c(C)cccn12. The summed E-state index contributed by atoms with van der Waals surface area (Å²) in [6.07, 6.45) is 6.50. The minimum Gasteiger partial charge on any atom is -0.311 e. The molecule has 2 heterocycles. The van der Waals surface area contributed by atoms with Crippen molar-refractivity contribution in [2.75, 3.05) is 6.54 Å². The van der Waals surface area contributed by atoms with Gasteiger partial charge in [0.05, 0.1) is 11.9 Å². The zero-order chi connectivity index (χ0) is 11.4. The summed E-state index contributed by atoms with van der Waals surface area (Å²) in [5.74, 6) is 0. The van der Waals surface area contributed by atoms with Gasteiger partial charge >= 0.3 is 0 Å². The molecule has 0 spiro atoms. The van der Waals surface area contributed by atoms with Gasteiger partial charge in [-0.15, -0.1) is 0 Å². The zero-order valence-corrected chi connectivity index (χ0v) is 10.0. The van der Waals surface area contributed by atoms with Crippen molar-refractivity contribution in [3.05, 3.63) is 35.8 Å². The van der Waals surface area contributed by atoms with Crippen LogP contribution < -0.4 is 5.32 Å². The highest BCUT2D eigenvalue weighted by molar-refractivity contribution is 5.48. The van der Waals surface area contributed by atoms with Crippen molar-refractivity contribution in [3.63, 3.8) is 0 Å². The van der Waals surface area contributed by atoms with E-state index in [1.165, 1.54) is 24.1 Å². The van der Waals surface area contributed by atoms with E-state index in [4.69, 9.17) is 0 Å². The lowest BCUT2D eigenvalue weighted by Crippen LogP contribution is -2.15. The molecule has 2 aromatic heterocycles. The van der Waals surface area contributed by atoms with Crippen LogP contribution in [0.5, 0.6) is 0 Å². The molecule has 0 atom stereocenters. The summed E-state index contributed by atoms with van der Waals surface area (Å²) in [6, 6.07) is 4.16. The molecule has 2 rings (SSSR count). The Morgan fingerprint density at radius 3 is 3.12 bits per heavy atom. The third kappa shape index (κ3) is 2.25. The van der Waals surface area contributed by atoms with Gasteiger partial charge in [0.15, 0.2) is 0 Å². The fourth-order valence-electron chi connectivity index (χ4n) is 1.85. The van der Waals surface area contributed by atoms with Crippen LogP contribution >= 0.6 is 0 Å². The summed E-state index contributed by atoms with van der Waals surface area (Å²) >= 11 is 0. The first kappa shape index (κ1) is 11.1. The predicted octanol–water partition coefficient (Wildman–Crippen LogP) is 2.53. The van der Waals surface area contributed by atoms with Gasteiger partial charge < -0.3 is 9.72 Å². The van der Waals surface area contributed by atoms with Crippen LogP contribution in [0.15, 0.2) is 24.5 Å². The van der Waals surface area contributed by atoms with E-state index in [0.29, 0.717) is 0 Å². The fourth-order valence-corrected chi connectivity index (χ4v) is 1.85. The highest BCUT2D eigenvalue weighted by atomic mass is 15.0. The molecule has 3 nitrogen and oxygen atoms in total. The quantitative estimate of drug-likeness (QED) is 0.780. The number of fused-ring (bicyclic) bond motifs is 1. The van der Waals surface area contributed by atoms with Gasteiger partial charge in [0, 0.05) is 12.7 Å². The second-order valence-corrected chi connectivity index (χ2v) is 4.16. The topological polar surface area (TPSA) is 29.3 Å². The third-order valence-corrected chi connectivity index (χ3v) is 2.82. The molecule has 0 saturated carbocycles. The van der Waals surface area contributed by atoms with Crippen LogP contribution in [0.25, 0.3) is 5.65 Å². The maximum atomic E-state index is 4.44. The third-order valence-electron chi connectivity index (χ3n) is 2.82. The van der Waals surface area contributed by atoms with Gasteiger partial charge in [0.2, 0.25) is 0 Å². The molecule has 0 amide bonds. The Morgan fingerprint density at radius 1 is 1.44 bits per heavy atom. The average Bonchev–Trinajstić information content (AvgIpc) is 2.70. The zero-order valence-electron chi connectivity index (χ0n) is 10.0. The summed E-state index contributed by atoms with van der Waals surface area (Å²) in [5.41, 5.74) is 3.52. The normalized spacial score (nSPS) is 11.1. The van der Waals surface area contributed by atoms with Gasteiger partial charge in [-0.1, -0.05) is 19.4 Å². The molecule has 0 saturated heterocycles. The number of hydrogen-bond acceptors (Lipinski definition) is 2. The molecule has 2 aromatic rings. The van der Waals surface area contributed by atoms with Crippen molar-refractivity contribution in [1.82, 2.24) is 14.7 Å². The predicted molar refractivity (Wildman–Crippen MR) is 66.5 cm³/mol. The van der Waals surface area contributed by atoms with Crippen LogP contribution in [0.4, 0.5) is 0 Å². The molecule has 0 radical (unpaired) electrons. The van der Waals surface area contributed by atoms with E-state index in [-0.39, 0.29) is 0 Å². The van der Waals surface area contributed by atoms with E-state index in [2.05, 4.69) is 46.9 Å². The van der Waals surface area contributed by atoms with Crippen molar-refractivity contribution < 1.29 is 0 Å². The first-order valence-electron chi connectivity index (χ1n) is 5.95. The first-order valence-corrected chi connectivity index (χ1v) is 5.95. The van der Waals surface area contributed by atoms with Crippen molar-refractivity contribution in [2.24, 2.45) is 0 Å². The highest BCUT2D eigenvalue weighted by Crippen LogP contribution is 2.10. The van der Waals surface area contributed by atoms with Gasteiger partial charge in [0.25, 0.3) is 0 Å². The van der Waals surface area contributed by atoms with E-state index in [1.807, 2.05) is 6.20 Å². The van der Waals surface area contributed by atoms with Crippen molar-refractivity contribution in [2.45, 2.75) is 33.2 Å². The van der Waals surface area contributed by atoms with E-state index >= 15 is 0 Å². The number of imidazole rings is 1. The number of aryl methyl sites for hydroxylation is 1. The Hall–Kier alpha value is -1.35. The Balaban J connectivity index is 2.10. The number of unbranched alkanes of at least 4 members (excludes halogenated alkanes) is 1. The number of hydrogen-bond donors (Lipinski definition) is 1. The average molecular weight is 217 g/mol. The highest BCUT2D eigenvalue weighted by Gasteiger charge is 2.03. The number of aromatic nitrogens is 2. The molecule has 0 aliphatic heterocycles. The summed E-state index contributed by atoms with van der Waals surface area (Å²) in [4.78, 5) is 4.44. The maximum absolute atomic E-state index is 4.44. The number of nitrogens with zero attached hydrogens (tertiary/aromatic N) is 2. The summed E-state index contributed by atoms with van der Waals surface area (Å²) < 4.78 is 2.16. The Bertz CT molecular complexity index is 459. The number of pyridine rings is 1. The van der Waals surface area contributed by atoms with Crippen LogP contribution in [0, 0.1) is 6.92 Å². The molecule has 3 heteroatoms. The van der Waals surface area contributed by atoms with Gasteiger partial charge in [-0.05, 0) is 31.5 Å². The van der Waals surface area contributed by atoms with Crippen LogP contribution in [0.2, 0.25) is 0 Å².